The summed E-state index contributed by atoms with van der Waals surface area (Å²) in [4.78, 5) is 172. The maximum atomic E-state index is 15.3. The number of carbonyl (C=O) groups is 11. The SMILES string of the molecule is C/C=C/C[C@@H](C)[C@@H](O)C1C(=O)N[C@@H](CC)C(=O)N(C)[C@H](CCCNC)C(=O)N(C)[C@@H]([C@H](C)COC)C(=O)N[C@@H](C(C)C)C(=O)N(C)[C@@H](CC(C)C)C(=O)N[C@@H](C)C(=O)N[C@H](C)C(=O)N(C)[C@@H](CC(C)C)C(=O)N(C)[C@@H](CC(C)C)C(=O)N(C)[C@@H](C(C)C)C(=O)N1C. The van der Waals surface area contributed by atoms with Crippen LogP contribution >= 0.6 is 0 Å². The van der Waals surface area contributed by atoms with Crippen LogP contribution < -0.4 is 26.6 Å². The van der Waals surface area contributed by atoms with Crippen LogP contribution in [0.3, 0.4) is 0 Å². The molecule has 522 valence electrons. The zero-order valence-corrected chi connectivity index (χ0v) is 60.0. The molecule has 25 heteroatoms. The molecule has 0 radical (unpaired) electrons. The lowest BCUT2D eigenvalue weighted by Crippen LogP contribution is -2.64. The summed E-state index contributed by atoms with van der Waals surface area (Å²) >= 11 is 0. The van der Waals surface area contributed by atoms with Crippen LogP contribution in [-0.2, 0) is 57.5 Å². The highest BCUT2D eigenvalue weighted by atomic mass is 16.5. The van der Waals surface area contributed by atoms with E-state index in [-0.39, 0.29) is 56.5 Å². The Morgan fingerprint density at radius 2 is 0.945 bits per heavy atom. The number of hydrogen-bond donors (Lipinski definition) is 6. The standard InChI is InChI=1S/C66H120N12O13/c1-26-28-30-42(13)55(79)54-59(83)70-46(27-2)61(85)72(18)47(31-29-32-67-17)62(86)77(23)53(43(14)36-91-25)58(82)71-51(40(9)10)65(89)73(19)48(33-37(3)4)57(81)68-44(15)56(80)69-45(16)60(84)74(20)49(34-38(5)6)63(87)75(21)50(35-39(7)8)64(88)76(22)52(41(11)12)66(90)78(54)24/h26,28,37-55,67,79H,27,29-36H2,1-25H3,(H,68,81)(H,69,80)(H,70,83)(H,71,82)/b28-26+/t42-,43-,44+,45-,46+,47-,48+,49+,50+,51+,52+,53+,54?,55-/m1/s1. The first-order chi connectivity index (χ1) is 42.2. The summed E-state index contributed by atoms with van der Waals surface area (Å²) in [7, 11) is 13.2. The van der Waals surface area contributed by atoms with Crippen molar-refractivity contribution in [1.82, 2.24) is 60.9 Å². The Bertz CT molecular complexity index is 2460. The van der Waals surface area contributed by atoms with Crippen molar-refractivity contribution in [2.45, 2.75) is 228 Å². The molecule has 1 fully saturated rings. The van der Waals surface area contributed by atoms with Gasteiger partial charge in [-0.25, -0.2) is 0 Å². The first-order valence-electron chi connectivity index (χ1n) is 32.7. The Labute approximate surface area is 545 Å². The van der Waals surface area contributed by atoms with E-state index in [1.807, 2.05) is 47.6 Å². The van der Waals surface area contributed by atoms with Gasteiger partial charge < -0.3 is 70.7 Å². The van der Waals surface area contributed by atoms with Gasteiger partial charge >= 0.3 is 0 Å². The van der Waals surface area contributed by atoms with E-state index in [0.717, 1.165) is 4.90 Å². The predicted octanol–water partition coefficient (Wildman–Crippen LogP) is 2.87. The number of aliphatic hydroxyl groups is 1. The Morgan fingerprint density at radius 1 is 0.505 bits per heavy atom. The van der Waals surface area contributed by atoms with E-state index in [4.69, 9.17) is 4.74 Å². The Kier molecular flexibility index (Phi) is 35.2. The third-order valence-corrected chi connectivity index (χ3v) is 17.5. The maximum Gasteiger partial charge on any atom is 0.246 e. The Balaban J connectivity index is 4.53. The first kappa shape index (κ1) is 82.8. The molecule has 0 aromatic rings. The van der Waals surface area contributed by atoms with Crippen molar-refractivity contribution < 1.29 is 62.6 Å². The molecule has 1 heterocycles. The van der Waals surface area contributed by atoms with Crippen LogP contribution in [0.2, 0.25) is 0 Å². The van der Waals surface area contributed by atoms with Crippen LogP contribution in [0.1, 0.15) is 156 Å². The maximum absolute atomic E-state index is 15.3. The molecule has 1 rings (SSSR count). The van der Waals surface area contributed by atoms with Gasteiger partial charge in [0.2, 0.25) is 65.0 Å². The van der Waals surface area contributed by atoms with E-state index in [9.17, 15) is 29.1 Å². The molecule has 14 atom stereocenters. The summed E-state index contributed by atoms with van der Waals surface area (Å²) in [5.74, 6) is -10.6. The van der Waals surface area contributed by atoms with Gasteiger partial charge in [-0.3, -0.25) is 52.7 Å². The molecule has 0 spiro atoms. The molecule has 11 amide bonds. The van der Waals surface area contributed by atoms with Gasteiger partial charge in [-0.05, 0) is 115 Å². The number of carbonyl (C=O) groups excluding carboxylic acids is 11. The molecule has 0 aliphatic carbocycles. The topological polar surface area (TPSA) is 300 Å². The monoisotopic (exact) mass is 1290 g/mol. The van der Waals surface area contributed by atoms with E-state index >= 15 is 28.8 Å². The van der Waals surface area contributed by atoms with Gasteiger partial charge in [0.25, 0.3) is 0 Å². The molecule has 0 bridgehead atoms. The van der Waals surface area contributed by atoms with E-state index in [2.05, 4.69) is 26.6 Å². The van der Waals surface area contributed by atoms with Crippen molar-refractivity contribution in [3.63, 3.8) is 0 Å². The van der Waals surface area contributed by atoms with E-state index in [1.54, 1.807) is 68.5 Å². The minimum absolute atomic E-state index is 0.00415. The van der Waals surface area contributed by atoms with Crippen molar-refractivity contribution >= 4 is 65.0 Å². The van der Waals surface area contributed by atoms with Gasteiger partial charge in [0.05, 0.1) is 12.7 Å². The van der Waals surface area contributed by atoms with Crippen molar-refractivity contribution in [3.8, 4) is 0 Å². The summed E-state index contributed by atoms with van der Waals surface area (Å²) < 4.78 is 5.52. The molecule has 1 aliphatic rings. The van der Waals surface area contributed by atoms with Gasteiger partial charge in [-0.2, -0.15) is 0 Å². The molecule has 0 aromatic heterocycles. The van der Waals surface area contributed by atoms with Crippen LogP contribution in [0, 0.1) is 41.4 Å². The number of ether oxygens (including phenoxy) is 1. The minimum Gasteiger partial charge on any atom is -0.390 e. The number of nitrogens with zero attached hydrogens (tertiary/aromatic N) is 7. The van der Waals surface area contributed by atoms with Crippen molar-refractivity contribution in [1.29, 1.82) is 0 Å². The highest BCUT2D eigenvalue weighted by Gasteiger charge is 2.47. The number of amides is 11. The average molecular weight is 1290 g/mol. The fourth-order valence-corrected chi connectivity index (χ4v) is 11.8. The molecule has 1 saturated heterocycles. The first-order valence-corrected chi connectivity index (χ1v) is 32.7. The zero-order valence-electron chi connectivity index (χ0n) is 60.0. The quantitative estimate of drug-likeness (QED) is 0.0755. The zero-order chi connectivity index (χ0) is 70.4. The second kappa shape index (κ2) is 38.7. The minimum atomic E-state index is -1.64. The van der Waals surface area contributed by atoms with Crippen LogP contribution in [0.4, 0.5) is 0 Å². The number of allylic oxidation sites excluding steroid dienone is 2. The molecule has 1 aliphatic heterocycles. The summed E-state index contributed by atoms with van der Waals surface area (Å²) in [6, 6.07) is -14.0. The lowest BCUT2D eigenvalue weighted by atomic mass is 9.91. The lowest BCUT2D eigenvalue weighted by molar-refractivity contribution is -0.157. The number of hydrogen-bond acceptors (Lipinski definition) is 14. The molecule has 25 nitrogen and oxygen atoms in total. The van der Waals surface area contributed by atoms with E-state index in [0.29, 0.717) is 19.4 Å². The fourth-order valence-electron chi connectivity index (χ4n) is 11.8. The second-order valence-corrected chi connectivity index (χ2v) is 27.3. The van der Waals surface area contributed by atoms with Crippen LogP contribution in [0.15, 0.2) is 12.2 Å². The Hall–Kier alpha value is -6.21. The number of likely N-dealkylation sites (N-methyl/N-ethyl adjacent to an activating group) is 7. The highest BCUT2D eigenvalue weighted by molar-refractivity contribution is 6.00. The van der Waals surface area contributed by atoms with Gasteiger partial charge in [0.1, 0.15) is 66.5 Å². The number of methoxy groups -OCH3 is 1. The average Bonchev–Trinajstić information content (AvgIpc) is 0.968. The van der Waals surface area contributed by atoms with E-state index in [1.165, 1.54) is 99.7 Å². The summed E-state index contributed by atoms with van der Waals surface area (Å²) in [5, 5.41) is 26.4. The lowest BCUT2D eigenvalue weighted by Gasteiger charge is -2.41. The largest absolute Gasteiger partial charge is 0.390 e. The predicted molar refractivity (Wildman–Crippen MR) is 352 cm³/mol. The third-order valence-electron chi connectivity index (χ3n) is 17.5. The van der Waals surface area contributed by atoms with E-state index < -0.39 is 161 Å². The van der Waals surface area contributed by atoms with Gasteiger partial charge in [0, 0.05) is 62.4 Å². The smallest absolute Gasteiger partial charge is 0.246 e. The Morgan fingerprint density at radius 3 is 1.42 bits per heavy atom. The highest BCUT2D eigenvalue weighted by Crippen LogP contribution is 2.26. The van der Waals surface area contributed by atoms with Crippen LogP contribution in [-0.4, -0.2) is 254 Å². The second-order valence-electron chi connectivity index (χ2n) is 27.3. The normalized spacial score (nSPS) is 27.0. The molecule has 6 N–H and O–H groups in total. The molecule has 1 unspecified atom stereocenters. The van der Waals surface area contributed by atoms with Crippen LogP contribution in [0.25, 0.3) is 0 Å². The van der Waals surface area contributed by atoms with Crippen molar-refractivity contribution in [2.24, 2.45) is 41.4 Å². The van der Waals surface area contributed by atoms with Crippen LogP contribution in [0.5, 0.6) is 0 Å². The number of nitrogens with one attached hydrogen (secondary N) is 5. The van der Waals surface area contributed by atoms with Crippen molar-refractivity contribution in [3.05, 3.63) is 12.2 Å². The van der Waals surface area contributed by atoms with Crippen molar-refractivity contribution in [2.75, 3.05) is 76.6 Å². The fraction of sp³-hybridized carbons (Fsp3) is 0.803. The number of aliphatic hydroxyl groups excluding tert-OH is 1. The van der Waals surface area contributed by atoms with Gasteiger partial charge in [0.15, 0.2) is 0 Å². The third kappa shape index (κ3) is 23.1. The van der Waals surface area contributed by atoms with Gasteiger partial charge in [-0.1, -0.05) is 102 Å². The summed E-state index contributed by atoms with van der Waals surface area (Å²) in [5.41, 5.74) is 0. The molecular formula is C66H120N12O13. The molecule has 91 heavy (non-hydrogen) atoms. The number of rotatable bonds is 20. The molecule has 0 saturated carbocycles. The molecular weight excluding hydrogens is 1170 g/mol. The molecule has 0 aromatic carbocycles. The summed E-state index contributed by atoms with van der Waals surface area (Å²) in [6.07, 6.45) is 3.27. The summed E-state index contributed by atoms with van der Waals surface area (Å²) in [6.45, 7) is 28.3. The van der Waals surface area contributed by atoms with Gasteiger partial charge in [-0.15, -0.1) is 0 Å².